The Bertz CT molecular complexity index is 1140. The summed E-state index contributed by atoms with van der Waals surface area (Å²) in [4.78, 5) is 35.7. The van der Waals surface area contributed by atoms with Crippen molar-refractivity contribution in [2.45, 2.75) is 12.8 Å². The van der Waals surface area contributed by atoms with Crippen molar-refractivity contribution in [3.63, 3.8) is 0 Å². The second-order valence-corrected chi connectivity index (χ2v) is 7.06. The Morgan fingerprint density at radius 1 is 0.794 bits per heavy atom. The van der Waals surface area contributed by atoms with Crippen molar-refractivity contribution >= 4 is 17.8 Å². The molecule has 2 N–H and O–H groups in total. The Morgan fingerprint density at radius 3 is 1.97 bits per heavy atom. The molecule has 0 bridgehead atoms. The summed E-state index contributed by atoms with van der Waals surface area (Å²) in [5, 5.41) is 19.4. The van der Waals surface area contributed by atoms with E-state index in [4.69, 9.17) is 14.2 Å². The van der Waals surface area contributed by atoms with Crippen molar-refractivity contribution in [3.05, 3.63) is 84.4 Å². The van der Waals surface area contributed by atoms with Gasteiger partial charge in [0, 0.05) is 23.8 Å². The maximum atomic E-state index is 12.4. The van der Waals surface area contributed by atoms with Crippen molar-refractivity contribution in [2.24, 2.45) is 0 Å². The zero-order chi connectivity index (χ0) is 24.5. The number of ether oxygens (including phenoxy) is 3. The summed E-state index contributed by atoms with van der Waals surface area (Å²) in [7, 11) is 0. The number of aromatic hydroxyl groups is 2. The SMILES string of the molecule is C=CC(=O)OCCCCOc1ccc(C(=O)Oc2ccc(C(=O)n3c(O)ccc3O)cc2)cc1. The van der Waals surface area contributed by atoms with E-state index < -0.39 is 17.8 Å². The van der Waals surface area contributed by atoms with Crippen LogP contribution in [-0.4, -0.2) is 45.8 Å². The van der Waals surface area contributed by atoms with Crippen LogP contribution in [0.4, 0.5) is 0 Å². The van der Waals surface area contributed by atoms with E-state index in [1.54, 1.807) is 24.3 Å². The standard InChI is InChI=1S/C25H23NO8/c1-2-23(29)33-16-4-3-15-32-19-9-7-18(8-10-19)25(31)34-20-11-5-17(6-12-20)24(30)26-21(27)13-14-22(26)28/h2,5-14,27-28H,1,3-4,15-16H2. The summed E-state index contributed by atoms with van der Waals surface area (Å²) in [5.74, 6) is -1.65. The number of unbranched alkanes of at least 4 members (excludes halogenated alkanes) is 1. The molecular weight excluding hydrogens is 442 g/mol. The first-order valence-electron chi connectivity index (χ1n) is 10.4. The lowest BCUT2D eigenvalue weighted by Gasteiger charge is -2.09. The largest absolute Gasteiger partial charge is 0.494 e. The monoisotopic (exact) mass is 465 g/mol. The Hall–Kier alpha value is -4.53. The molecule has 9 nitrogen and oxygen atoms in total. The van der Waals surface area contributed by atoms with Crippen LogP contribution in [0.25, 0.3) is 0 Å². The minimum absolute atomic E-state index is 0.182. The van der Waals surface area contributed by atoms with Crippen molar-refractivity contribution in [1.82, 2.24) is 4.57 Å². The second-order valence-electron chi connectivity index (χ2n) is 7.06. The molecule has 3 aromatic rings. The average Bonchev–Trinajstić information content (AvgIpc) is 3.19. The van der Waals surface area contributed by atoms with Crippen LogP contribution in [-0.2, 0) is 9.53 Å². The topological polar surface area (TPSA) is 124 Å². The number of hydrogen-bond donors (Lipinski definition) is 2. The van der Waals surface area contributed by atoms with E-state index in [2.05, 4.69) is 6.58 Å². The van der Waals surface area contributed by atoms with Gasteiger partial charge in [-0.2, -0.15) is 0 Å². The molecule has 0 aliphatic rings. The van der Waals surface area contributed by atoms with Gasteiger partial charge >= 0.3 is 11.9 Å². The molecule has 0 saturated carbocycles. The fraction of sp³-hybridized carbons (Fsp3) is 0.160. The van der Waals surface area contributed by atoms with Crippen LogP contribution < -0.4 is 9.47 Å². The summed E-state index contributed by atoms with van der Waals surface area (Å²) in [6, 6.07) is 14.5. The highest BCUT2D eigenvalue weighted by Crippen LogP contribution is 2.24. The Balaban J connectivity index is 1.48. The molecule has 0 aliphatic heterocycles. The van der Waals surface area contributed by atoms with Crippen LogP contribution in [0.15, 0.2) is 73.3 Å². The lowest BCUT2D eigenvalue weighted by molar-refractivity contribution is -0.137. The highest BCUT2D eigenvalue weighted by molar-refractivity contribution is 5.98. The zero-order valence-corrected chi connectivity index (χ0v) is 18.2. The van der Waals surface area contributed by atoms with E-state index in [0.717, 1.165) is 10.6 Å². The summed E-state index contributed by atoms with van der Waals surface area (Å²) in [5.41, 5.74) is 0.494. The highest BCUT2D eigenvalue weighted by Gasteiger charge is 2.16. The van der Waals surface area contributed by atoms with Crippen LogP contribution in [0, 0.1) is 0 Å². The van der Waals surface area contributed by atoms with Gasteiger partial charge in [-0.25, -0.2) is 14.2 Å². The number of nitrogens with zero attached hydrogens (tertiary/aromatic N) is 1. The Morgan fingerprint density at radius 2 is 1.35 bits per heavy atom. The van der Waals surface area contributed by atoms with Gasteiger partial charge < -0.3 is 24.4 Å². The molecule has 0 fully saturated rings. The number of aromatic nitrogens is 1. The first kappa shape index (κ1) is 24.1. The molecule has 0 radical (unpaired) electrons. The fourth-order valence-electron chi connectivity index (χ4n) is 2.90. The molecule has 9 heteroatoms. The van der Waals surface area contributed by atoms with Gasteiger partial charge in [-0.3, -0.25) is 4.79 Å². The third-order valence-corrected chi connectivity index (χ3v) is 4.66. The number of carbonyl (C=O) groups is 3. The van der Waals surface area contributed by atoms with E-state index >= 15 is 0 Å². The molecule has 176 valence electrons. The van der Waals surface area contributed by atoms with E-state index in [-0.39, 0.29) is 23.1 Å². The molecule has 1 heterocycles. The molecule has 1 aromatic heterocycles. The number of hydrogen-bond acceptors (Lipinski definition) is 8. The smallest absolute Gasteiger partial charge is 0.343 e. The first-order chi connectivity index (χ1) is 16.4. The maximum absolute atomic E-state index is 12.4. The van der Waals surface area contributed by atoms with Gasteiger partial charge in [-0.05, 0) is 61.4 Å². The van der Waals surface area contributed by atoms with Gasteiger partial charge in [0.1, 0.15) is 11.5 Å². The highest BCUT2D eigenvalue weighted by atomic mass is 16.5. The predicted molar refractivity (Wildman–Crippen MR) is 121 cm³/mol. The lowest BCUT2D eigenvalue weighted by atomic mass is 10.2. The summed E-state index contributed by atoms with van der Waals surface area (Å²) < 4.78 is 16.5. The van der Waals surface area contributed by atoms with Gasteiger partial charge in [-0.15, -0.1) is 0 Å². The van der Waals surface area contributed by atoms with Gasteiger partial charge in [0.2, 0.25) is 11.8 Å². The molecule has 0 aliphatic carbocycles. The van der Waals surface area contributed by atoms with E-state index in [1.165, 1.54) is 36.4 Å². The van der Waals surface area contributed by atoms with Crippen molar-refractivity contribution in [1.29, 1.82) is 0 Å². The summed E-state index contributed by atoms with van der Waals surface area (Å²) in [6.45, 7) is 4.05. The van der Waals surface area contributed by atoms with Gasteiger partial charge in [-0.1, -0.05) is 6.58 Å². The molecule has 0 atom stereocenters. The van der Waals surface area contributed by atoms with E-state index in [9.17, 15) is 24.6 Å². The maximum Gasteiger partial charge on any atom is 0.343 e. The third kappa shape index (κ3) is 6.26. The lowest BCUT2D eigenvalue weighted by Crippen LogP contribution is -2.11. The third-order valence-electron chi connectivity index (χ3n) is 4.66. The minimum atomic E-state index is -0.633. The predicted octanol–water partition coefficient (Wildman–Crippen LogP) is 3.70. The Labute approximate surface area is 195 Å². The minimum Gasteiger partial charge on any atom is -0.494 e. The van der Waals surface area contributed by atoms with Crippen LogP contribution in [0.3, 0.4) is 0 Å². The van der Waals surface area contributed by atoms with E-state index in [0.29, 0.717) is 37.4 Å². The number of rotatable bonds is 10. The van der Waals surface area contributed by atoms with Crippen LogP contribution in [0.1, 0.15) is 33.6 Å². The van der Waals surface area contributed by atoms with Gasteiger partial charge in [0.05, 0.1) is 18.8 Å². The van der Waals surface area contributed by atoms with E-state index in [1.807, 2.05) is 0 Å². The molecule has 0 amide bonds. The quantitative estimate of drug-likeness (QED) is 0.201. The molecule has 0 saturated heterocycles. The second kappa shape index (κ2) is 11.4. The number of esters is 2. The number of benzene rings is 2. The Kier molecular flexibility index (Phi) is 8.07. The fourth-order valence-corrected chi connectivity index (χ4v) is 2.90. The molecule has 3 rings (SSSR count). The zero-order valence-electron chi connectivity index (χ0n) is 18.2. The molecule has 0 unspecified atom stereocenters. The van der Waals surface area contributed by atoms with Crippen LogP contribution >= 0.6 is 0 Å². The average molecular weight is 465 g/mol. The number of carbonyl (C=O) groups excluding carboxylic acids is 3. The summed E-state index contributed by atoms with van der Waals surface area (Å²) >= 11 is 0. The van der Waals surface area contributed by atoms with Gasteiger partial charge in [0.15, 0.2) is 0 Å². The molecule has 0 spiro atoms. The summed E-state index contributed by atoms with van der Waals surface area (Å²) in [6.07, 6.45) is 2.46. The molecule has 2 aromatic carbocycles. The molecular formula is C25H23NO8. The van der Waals surface area contributed by atoms with Crippen LogP contribution in [0.5, 0.6) is 23.3 Å². The molecule has 34 heavy (non-hydrogen) atoms. The van der Waals surface area contributed by atoms with Crippen molar-refractivity contribution in [3.8, 4) is 23.3 Å². The van der Waals surface area contributed by atoms with Crippen molar-refractivity contribution in [2.75, 3.05) is 13.2 Å². The van der Waals surface area contributed by atoms with Crippen LogP contribution in [0.2, 0.25) is 0 Å². The normalized spacial score (nSPS) is 10.4. The van der Waals surface area contributed by atoms with Gasteiger partial charge in [0.25, 0.3) is 5.91 Å². The first-order valence-corrected chi connectivity index (χ1v) is 10.4. The van der Waals surface area contributed by atoms with Crippen molar-refractivity contribution < 1.29 is 38.8 Å².